The second-order valence-electron chi connectivity index (χ2n) is 4.52. The predicted octanol–water partition coefficient (Wildman–Crippen LogP) is 0.729. The van der Waals surface area contributed by atoms with Gasteiger partial charge in [-0.3, -0.25) is 9.32 Å². The molecule has 0 aliphatic heterocycles. The Morgan fingerprint density at radius 2 is 2.23 bits per heavy atom. The minimum Gasteiger partial charge on any atom is -0.383 e. The van der Waals surface area contributed by atoms with Crippen molar-refractivity contribution in [1.82, 2.24) is 14.9 Å². The maximum Gasteiger partial charge on any atom is 0.469 e. The van der Waals surface area contributed by atoms with E-state index in [1.54, 1.807) is 26.1 Å². The molecule has 9 nitrogen and oxygen atoms in total. The summed E-state index contributed by atoms with van der Waals surface area (Å²) in [6.07, 6.45) is 4.07. The molecule has 1 amide bonds. The maximum absolute atomic E-state index is 11.2. The first-order valence-electron chi connectivity index (χ1n) is 6.39. The van der Waals surface area contributed by atoms with E-state index in [2.05, 4.69) is 14.5 Å². The van der Waals surface area contributed by atoms with Crippen molar-refractivity contribution in [3.05, 3.63) is 29.4 Å². The van der Waals surface area contributed by atoms with Crippen LogP contribution in [-0.2, 0) is 20.4 Å². The molecule has 0 radical (unpaired) electrons. The molecule has 122 valence electrons. The molecule has 22 heavy (non-hydrogen) atoms. The molecule has 0 bridgehead atoms. The third-order valence-corrected chi connectivity index (χ3v) is 3.28. The molecule has 1 aromatic rings. The van der Waals surface area contributed by atoms with E-state index in [1.807, 2.05) is 0 Å². The van der Waals surface area contributed by atoms with Gasteiger partial charge in [0, 0.05) is 17.5 Å². The number of anilines is 1. The Labute approximate surface area is 128 Å². The summed E-state index contributed by atoms with van der Waals surface area (Å²) >= 11 is 0. The fourth-order valence-electron chi connectivity index (χ4n) is 1.62. The van der Waals surface area contributed by atoms with Crippen molar-refractivity contribution in [1.29, 1.82) is 0 Å². The molecule has 1 rings (SSSR count). The first-order chi connectivity index (χ1) is 10.2. The lowest BCUT2D eigenvalue weighted by molar-refractivity contribution is -0.116. The van der Waals surface area contributed by atoms with Crippen LogP contribution >= 0.6 is 7.82 Å². The van der Waals surface area contributed by atoms with Gasteiger partial charge in [-0.25, -0.2) is 14.5 Å². The van der Waals surface area contributed by atoms with Crippen molar-refractivity contribution in [2.45, 2.75) is 26.8 Å². The molecule has 0 aliphatic rings. The normalized spacial score (nSPS) is 12.3. The van der Waals surface area contributed by atoms with Gasteiger partial charge in [0.1, 0.15) is 11.6 Å². The zero-order valence-electron chi connectivity index (χ0n) is 12.3. The summed E-state index contributed by atoms with van der Waals surface area (Å²) in [5.41, 5.74) is 6.98. The van der Waals surface area contributed by atoms with E-state index >= 15 is 0 Å². The summed E-state index contributed by atoms with van der Waals surface area (Å²) < 4.78 is 14.8. The molecular weight excluding hydrogens is 311 g/mol. The van der Waals surface area contributed by atoms with Crippen LogP contribution in [0.2, 0.25) is 0 Å². The van der Waals surface area contributed by atoms with Gasteiger partial charge in [0.15, 0.2) is 0 Å². The second kappa shape index (κ2) is 8.00. The number of hydrogen-bond donors (Lipinski definition) is 3. The molecule has 0 unspecified atom stereocenters. The van der Waals surface area contributed by atoms with Crippen LogP contribution in [-0.4, -0.2) is 37.7 Å². The molecule has 0 saturated carbocycles. The number of amides is 1. The number of phosphoric ester groups is 1. The molecule has 0 fully saturated rings. The van der Waals surface area contributed by atoms with Gasteiger partial charge in [-0.15, -0.1) is 0 Å². The highest BCUT2D eigenvalue weighted by Crippen LogP contribution is 2.35. The molecule has 10 heteroatoms. The summed E-state index contributed by atoms with van der Waals surface area (Å²) in [4.78, 5) is 37.7. The lowest BCUT2D eigenvalue weighted by atomic mass is 10.2. The zero-order valence-corrected chi connectivity index (χ0v) is 13.2. The second-order valence-corrected chi connectivity index (χ2v) is 5.76. The number of aryl methyl sites for hydroxylation is 1. The third kappa shape index (κ3) is 6.31. The van der Waals surface area contributed by atoms with E-state index < -0.39 is 7.82 Å². The Morgan fingerprint density at radius 1 is 1.55 bits per heavy atom. The van der Waals surface area contributed by atoms with E-state index in [9.17, 15) is 9.36 Å². The van der Waals surface area contributed by atoms with Crippen molar-refractivity contribution in [3.8, 4) is 0 Å². The van der Waals surface area contributed by atoms with Crippen molar-refractivity contribution in [2.75, 3.05) is 12.3 Å². The van der Waals surface area contributed by atoms with Crippen LogP contribution in [0.3, 0.4) is 0 Å². The Kier molecular flexibility index (Phi) is 6.63. The van der Waals surface area contributed by atoms with Crippen LogP contribution in [0.4, 0.5) is 5.82 Å². The fourth-order valence-corrected chi connectivity index (χ4v) is 1.96. The van der Waals surface area contributed by atoms with Crippen LogP contribution in [0.1, 0.15) is 24.7 Å². The van der Waals surface area contributed by atoms with Gasteiger partial charge in [-0.05, 0) is 20.3 Å². The van der Waals surface area contributed by atoms with Crippen molar-refractivity contribution < 1.29 is 23.7 Å². The first-order valence-corrected chi connectivity index (χ1v) is 7.92. The average molecular weight is 330 g/mol. The molecular formula is C12H19N4O5P. The number of phosphoric acid groups is 1. The zero-order chi connectivity index (χ0) is 16.8. The Bertz CT molecular complexity index is 601. The Hall–Kier alpha value is -1.80. The summed E-state index contributed by atoms with van der Waals surface area (Å²) in [6, 6.07) is 0. The molecule has 0 spiro atoms. The van der Waals surface area contributed by atoms with E-state index in [0.29, 0.717) is 29.3 Å². The molecule has 0 aliphatic carbocycles. The smallest absolute Gasteiger partial charge is 0.383 e. The summed E-state index contributed by atoms with van der Waals surface area (Å²) in [5, 5.41) is 0. The number of nitrogens with two attached hydrogens (primary N) is 1. The predicted molar refractivity (Wildman–Crippen MR) is 79.2 cm³/mol. The summed E-state index contributed by atoms with van der Waals surface area (Å²) in [5.74, 6) is 0.845. The minimum absolute atomic E-state index is 0.149. The number of hydrogen-bond acceptors (Lipinski definition) is 6. The first kappa shape index (κ1) is 18.2. The summed E-state index contributed by atoms with van der Waals surface area (Å²) in [6.45, 7) is 3.46. The lowest BCUT2D eigenvalue weighted by Crippen LogP contribution is -2.20. The van der Waals surface area contributed by atoms with Crippen LogP contribution in [0.15, 0.2) is 18.0 Å². The van der Waals surface area contributed by atoms with Gasteiger partial charge in [-0.2, -0.15) is 0 Å². The fraction of sp³-hybridized carbons (Fsp3) is 0.417. The lowest BCUT2D eigenvalue weighted by Gasteiger charge is -2.19. The molecule has 1 heterocycles. The van der Waals surface area contributed by atoms with Crippen molar-refractivity contribution in [3.63, 3.8) is 0 Å². The minimum atomic E-state index is -4.47. The third-order valence-electron chi connectivity index (χ3n) is 2.76. The molecule has 1 aromatic heterocycles. The van der Waals surface area contributed by atoms with E-state index in [0.717, 1.165) is 0 Å². The molecule has 0 atom stereocenters. The number of allylic oxidation sites excluding steroid dienone is 1. The average Bonchev–Trinajstić information content (AvgIpc) is 2.41. The van der Waals surface area contributed by atoms with Crippen molar-refractivity contribution >= 4 is 20.1 Å². The van der Waals surface area contributed by atoms with Gasteiger partial charge in [-0.1, -0.05) is 6.08 Å². The quantitative estimate of drug-likeness (QED) is 0.360. The SMILES string of the molecule is CC(=CCCOP(=O)(O)O)N(C=O)Cc1cnc(C)nc1N. The van der Waals surface area contributed by atoms with Gasteiger partial charge in [0.25, 0.3) is 0 Å². The van der Waals surface area contributed by atoms with Crippen LogP contribution < -0.4 is 5.73 Å². The summed E-state index contributed by atoms with van der Waals surface area (Å²) in [7, 11) is -4.47. The maximum atomic E-state index is 11.2. The Balaban J connectivity index is 2.66. The number of nitrogens with zero attached hydrogens (tertiary/aromatic N) is 3. The highest BCUT2D eigenvalue weighted by Gasteiger charge is 2.13. The van der Waals surface area contributed by atoms with Crippen LogP contribution in [0.25, 0.3) is 0 Å². The monoisotopic (exact) mass is 330 g/mol. The van der Waals surface area contributed by atoms with Gasteiger partial charge in [0.2, 0.25) is 6.41 Å². The van der Waals surface area contributed by atoms with Crippen molar-refractivity contribution in [2.24, 2.45) is 0 Å². The molecule has 4 N–H and O–H groups in total. The highest BCUT2D eigenvalue weighted by atomic mass is 31.2. The number of carbonyl (C=O) groups excluding carboxylic acids is 1. The topological polar surface area (TPSA) is 139 Å². The highest BCUT2D eigenvalue weighted by molar-refractivity contribution is 7.46. The van der Waals surface area contributed by atoms with Crippen LogP contribution in [0, 0.1) is 6.92 Å². The van der Waals surface area contributed by atoms with Gasteiger partial charge < -0.3 is 20.4 Å². The molecule has 0 saturated heterocycles. The number of aromatic nitrogens is 2. The number of nitrogen functional groups attached to an aromatic ring is 1. The van der Waals surface area contributed by atoms with E-state index in [-0.39, 0.29) is 19.6 Å². The molecule has 0 aromatic carbocycles. The number of carbonyl (C=O) groups is 1. The van der Waals surface area contributed by atoms with E-state index in [1.165, 1.54) is 4.90 Å². The van der Waals surface area contributed by atoms with Gasteiger partial charge >= 0.3 is 7.82 Å². The standard InChI is InChI=1S/C12H19N4O5P/c1-9(4-3-5-21-22(18,19)20)16(8-17)7-11-6-14-10(2)15-12(11)13/h4,6,8H,3,5,7H2,1-2H3,(H2,13,14,15)(H2,18,19,20). The van der Waals surface area contributed by atoms with E-state index in [4.69, 9.17) is 15.5 Å². The Morgan fingerprint density at radius 3 is 2.77 bits per heavy atom. The number of rotatable bonds is 8. The van der Waals surface area contributed by atoms with Gasteiger partial charge in [0.05, 0.1) is 13.2 Å². The largest absolute Gasteiger partial charge is 0.469 e. The van der Waals surface area contributed by atoms with Crippen LogP contribution in [0.5, 0.6) is 0 Å².